The molecule has 9 heteroatoms. The van der Waals surface area contributed by atoms with Gasteiger partial charge in [0, 0.05) is 11.6 Å². The zero-order valence-corrected chi connectivity index (χ0v) is 20.9. The number of halogens is 2. The fourth-order valence-electron chi connectivity index (χ4n) is 3.87. The Morgan fingerprint density at radius 2 is 1.91 bits per heavy atom. The highest BCUT2D eigenvalue weighted by Crippen LogP contribution is 2.43. The summed E-state index contributed by atoms with van der Waals surface area (Å²) in [6.07, 6.45) is -0.0468. The van der Waals surface area contributed by atoms with E-state index in [0.29, 0.717) is 17.9 Å². The molecule has 1 atom stereocenters. The third-order valence-electron chi connectivity index (χ3n) is 5.28. The first-order valence-corrected chi connectivity index (χ1v) is 11.6. The molecule has 1 aliphatic rings. The van der Waals surface area contributed by atoms with Crippen LogP contribution >= 0.6 is 23.2 Å². The topological polar surface area (TPSA) is 85.3 Å². The molecule has 1 amide bonds. The van der Waals surface area contributed by atoms with E-state index in [1.165, 1.54) is 24.1 Å². The molecule has 1 aliphatic heterocycles. The summed E-state index contributed by atoms with van der Waals surface area (Å²) in [6, 6.07) is 9.08. The maximum absolute atomic E-state index is 13.2. The van der Waals surface area contributed by atoms with Crippen LogP contribution in [0.5, 0.6) is 11.5 Å². The lowest BCUT2D eigenvalue weighted by Crippen LogP contribution is -2.33. The van der Waals surface area contributed by atoms with Crippen LogP contribution in [0, 0.1) is 0 Å². The van der Waals surface area contributed by atoms with E-state index in [-0.39, 0.29) is 46.2 Å². The van der Waals surface area contributed by atoms with Crippen molar-refractivity contribution in [3.8, 4) is 11.5 Å². The highest BCUT2D eigenvalue weighted by atomic mass is 35.5. The van der Waals surface area contributed by atoms with Crippen LogP contribution in [0.2, 0.25) is 10.0 Å². The Bertz CT molecular complexity index is 1110. The number of rotatable bonds is 9. The van der Waals surface area contributed by atoms with Gasteiger partial charge in [-0.1, -0.05) is 35.3 Å². The number of likely N-dealkylation sites (tertiary alicyclic amines) is 1. The van der Waals surface area contributed by atoms with Gasteiger partial charge >= 0.3 is 0 Å². The predicted molar refractivity (Wildman–Crippen MR) is 131 cm³/mol. The van der Waals surface area contributed by atoms with Gasteiger partial charge < -0.3 is 24.2 Å². The first kappa shape index (κ1) is 25.9. The smallest absolute Gasteiger partial charge is 0.295 e. The molecule has 0 radical (unpaired) electrons. The fraction of sp³-hybridized carbons (Fsp3) is 0.360. The summed E-state index contributed by atoms with van der Waals surface area (Å²) in [5, 5.41) is 11.7. The average molecular weight is 508 g/mol. The van der Waals surface area contributed by atoms with E-state index in [1.807, 2.05) is 20.8 Å². The molecule has 3 rings (SSSR count). The van der Waals surface area contributed by atoms with E-state index < -0.39 is 23.5 Å². The second kappa shape index (κ2) is 11.1. The molecule has 34 heavy (non-hydrogen) atoms. The average Bonchev–Trinajstić information content (AvgIpc) is 3.03. The number of aliphatic hydroxyl groups is 1. The van der Waals surface area contributed by atoms with Crippen LogP contribution in [-0.2, 0) is 14.3 Å². The summed E-state index contributed by atoms with van der Waals surface area (Å²) < 4.78 is 16.6. The molecular formula is C25H27Cl2NO6. The molecule has 1 saturated heterocycles. The highest BCUT2D eigenvalue weighted by molar-refractivity contribution is 6.46. The van der Waals surface area contributed by atoms with Crippen molar-refractivity contribution in [2.24, 2.45) is 0 Å². The Balaban J connectivity index is 2.20. The van der Waals surface area contributed by atoms with E-state index in [2.05, 4.69) is 0 Å². The standard InChI is InChI=1S/C25H27Cl2NO6/c1-5-33-17-8-6-7-15(11-17)21-20(23(30)25(31)28(21)9-10-34-14(2)3)22(29)18-12-16(26)13-19(27)24(18)32-4/h6-8,11-14,21,29H,5,9-10H2,1-4H3/b22-20+. The quantitative estimate of drug-likeness (QED) is 0.283. The van der Waals surface area contributed by atoms with Gasteiger partial charge in [-0.15, -0.1) is 0 Å². The van der Waals surface area contributed by atoms with Gasteiger partial charge in [0.2, 0.25) is 0 Å². The third-order valence-corrected chi connectivity index (χ3v) is 5.77. The number of carbonyl (C=O) groups excluding carboxylic acids is 2. The maximum atomic E-state index is 13.2. The largest absolute Gasteiger partial charge is 0.507 e. The summed E-state index contributed by atoms with van der Waals surface area (Å²) in [5.41, 5.74) is 0.616. The van der Waals surface area contributed by atoms with Crippen LogP contribution in [0.25, 0.3) is 5.76 Å². The van der Waals surface area contributed by atoms with Crippen molar-refractivity contribution in [2.75, 3.05) is 26.9 Å². The number of ketones is 1. The SMILES string of the molecule is CCOc1cccc(C2/C(=C(\O)c3cc(Cl)cc(Cl)c3OC)C(=O)C(=O)N2CCOC(C)C)c1. The van der Waals surface area contributed by atoms with Gasteiger partial charge in [0.15, 0.2) is 0 Å². The molecule has 0 aliphatic carbocycles. The van der Waals surface area contributed by atoms with Crippen LogP contribution in [0.4, 0.5) is 0 Å². The van der Waals surface area contributed by atoms with E-state index in [4.69, 9.17) is 37.4 Å². The predicted octanol–water partition coefficient (Wildman–Crippen LogP) is 5.25. The normalized spacial score (nSPS) is 17.5. The van der Waals surface area contributed by atoms with Gasteiger partial charge in [-0.05, 0) is 50.6 Å². The van der Waals surface area contributed by atoms with Gasteiger partial charge in [-0.2, -0.15) is 0 Å². The van der Waals surface area contributed by atoms with Gasteiger partial charge in [0.25, 0.3) is 11.7 Å². The number of aliphatic hydroxyl groups excluding tert-OH is 1. The minimum Gasteiger partial charge on any atom is -0.507 e. The van der Waals surface area contributed by atoms with Crippen LogP contribution in [0.1, 0.15) is 37.9 Å². The molecule has 7 nitrogen and oxygen atoms in total. The van der Waals surface area contributed by atoms with Crippen molar-refractivity contribution in [1.29, 1.82) is 0 Å². The Morgan fingerprint density at radius 1 is 1.18 bits per heavy atom. The van der Waals surface area contributed by atoms with Crippen molar-refractivity contribution in [2.45, 2.75) is 32.9 Å². The van der Waals surface area contributed by atoms with E-state index >= 15 is 0 Å². The molecule has 182 valence electrons. The zero-order chi connectivity index (χ0) is 25.0. The number of benzene rings is 2. The Hall–Kier alpha value is -2.74. The number of Topliss-reactive ketones (excluding diaryl/α,β-unsaturated/α-hetero) is 1. The molecule has 2 aromatic rings. The molecular weight excluding hydrogens is 481 g/mol. The number of methoxy groups -OCH3 is 1. The molecule has 1 N–H and O–H groups in total. The number of carbonyl (C=O) groups is 2. The summed E-state index contributed by atoms with van der Waals surface area (Å²) in [5.74, 6) is -1.29. The van der Waals surface area contributed by atoms with Gasteiger partial charge in [0.05, 0.1) is 48.6 Å². The van der Waals surface area contributed by atoms with Crippen molar-refractivity contribution in [3.63, 3.8) is 0 Å². The van der Waals surface area contributed by atoms with Gasteiger partial charge in [-0.25, -0.2) is 0 Å². The summed E-state index contributed by atoms with van der Waals surface area (Å²) >= 11 is 12.4. The van der Waals surface area contributed by atoms with Crippen molar-refractivity contribution >= 4 is 40.7 Å². The molecule has 1 heterocycles. The minimum absolute atomic E-state index is 0.0468. The first-order chi connectivity index (χ1) is 16.2. The molecule has 0 spiro atoms. The fourth-order valence-corrected chi connectivity index (χ4v) is 4.44. The molecule has 0 bridgehead atoms. The Labute approximate surface area is 208 Å². The van der Waals surface area contributed by atoms with E-state index in [1.54, 1.807) is 24.3 Å². The van der Waals surface area contributed by atoms with Crippen molar-refractivity contribution < 1.29 is 28.9 Å². The van der Waals surface area contributed by atoms with Crippen molar-refractivity contribution in [1.82, 2.24) is 4.90 Å². The number of hydrogen-bond donors (Lipinski definition) is 1. The van der Waals surface area contributed by atoms with Crippen LogP contribution in [0.3, 0.4) is 0 Å². The van der Waals surface area contributed by atoms with Crippen molar-refractivity contribution in [3.05, 3.63) is 63.1 Å². The summed E-state index contributed by atoms with van der Waals surface area (Å²) in [4.78, 5) is 27.7. The number of hydrogen-bond acceptors (Lipinski definition) is 6. The van der Waals surface area contributed by atoms with E-state index in [0.717, 1.165) is 0 Å². The Kier molecular flexibility index (Phi) is 8.47. The molecule has 0 saturated carbocycles. The van der Waals surface area contributed by atoms with Crippen LogP contribution in [-0.4, -0.2) is 54.7 Å². The lowest BCUT2D eigenvalue weighted by molar-refractivity contribution is -0.140. The lowest BCUT2D eigenvalue weighted by Gasteiger charge is -2.26. The zero-order valence-electron chi connectivity index (χ0n) is 19.4. The van der Waals surface area contributed by atoms with Gasteiger partial charge in [0.1, 0.15) is 17.3 Å². The minimum atomic E-state index is -0.876. The first-order valence-electron chi connectivity index (χ1n) is 10.9. The summed E-state index contributed by atoms with van der Waals surface area (Å²) in [6.45, 7) is 6.44. The summed E-state index contributed by atoms with van der Waals surface area (Å²) in [7, 11) is 1.39. The number of amides is 1. The lowest BCUT2D eigenvalue weighted by atomic mass is 9.95. The number of nitrogens with zero attached hydrogens (tertiary/aromatic N) is 1. The van der Waals surface area contributed by atoms with E-state index in [9.17, 15) is 14.7 Å². The molecule has 0 aromatic heterocycles. The number of ether oxygens (including phenoxy) is 3. The third kappa shape index (κ3) is 5.32. The highest BCUT2D eigenvalue weighted by Gasteiger charge is 2.46. The maximum Gasteiger partial charge on any atom is 0.295 e. The molecule has 1 fully saturated rings. The Morgan fingerprint density at radius 3 is 2.56 bits per heavy atom. The monoisotopic (exact) mass is 507 g/mol. The van der Waals surface area contributed by atoms with Crippen LogP contribution < -0.4 is 9.47 Å². The molecule has 2 aromatic carbocycles. The van der Waals surface area contributed by atoms with Gasteiger partial charge in [-0.3, -0.25) is 9.59 Å². The molecule has 1 unspecified atom stereocenters. The second-order valence-electron chi connectivity index (χ2n) is 7.89. The van der Waals surface area contributed by atoms with Crippen LogP contribution in [0.15, 0.2) is 42.0 Å². The second-order valence-corrected chi connectivity index (χ2v) is 8.73.